The zero-order valence-electron chi connectivity index (χ0n) is 13.0. The van der Waals surface area contributed by atoms with Crippen LogP contribution in [-0.2, 0) is 16.0 Å². The molecule has 0 unspecified atom stereocenters. The van der Waals surface area contributed by atoms with Gasteiger partial charge in [0.1, 0.15) is 0 Å². The van der Waals surface area contributed by atoms with E-state index in [1.54, 1.807) is 17.5 Å². The summed E-state index contributed by atoms with van der Waals surface area (Å²) in [7, 11) is 1.07. The van der Waals surface area contributed by atoms with Crippen LogP contribution in [0.5, 0.6) is 0 Å². The Bertz CT molecular complexity index is 723. The zero-order chi connectivity index (χ0) is 17.0. The van der Waals surface area contributed by atoms with Gasteiger partial charge in [-0.2, -0.15) is 0 Å². The van der Waals surface area contributed by atoms with E-state index in [4.69, 9.17) is 0 Å². The molecular formula is C14H12BF3KNO3S. The largest absolute Gasteiger partial charge is 1.00 e. The molecule has 1 aromatic carbocycles. The molecule has 0 aliphatic carbocycles. The van der Waals surface area contributed by atoms with Crippen molar-refractivity contribution in [2.75, 3.05) is 12.4 Å². The van der Waals surface area contributed by atoms with Gasteiger partial charge in [-0.3, -0.25) is 4.79 Å². The monoisotopic (exact) mass is 381 g/mol. The minimum atomic E-state index is -5.31. The molecule has 1 amide bonds. The molecule has 1 heterocycles. The van der Waals surface area contributed by atoms with Crippen LogP contribution in [0.2, 0.25) is 0 Å². The summed E-state index contributed by atoms with van der Waals surface area (Å²) in [5.41, 5.74) is -1.33. The fourth-order valence-electron chi connectivity index (χ4n) is 1.93. The summed E-state index contributed by atoms with van der Waals surface area (Å²) in [5.74, 6) is -1.37. The fraction of sp³-hybridized carbons (Fsp3) is 0.143. The number of thiophene rings is 1. The molecule has 1 N–H and O–H groups in total. The van der Waals surface area contributed by atoms with Gasteiger partial charge in [0.25, 0.3) is 0 Å². The average Bonchev–Trinajstić information content (AvgIpc) is 2.97. The van der Waals surface area contributed by atoms with Crippen LogP contribution in [0.4, 0.5) is 18.6 Å². The number of hydrogen-bond acceptors (Lipinski definition) is 4. The SMILES string of the molecule is COC(=O)c1cc(NC(=O)Cc2cccs2)cc([B-](F)(F)F)c1.[K+]. The molecule has 24 heavy (non-hydrogen) atoms. The van der Waals surface area contributed by atoms with E-state index in [9.17, 15) is 22.5 Å². The van der Waals surface area contributed by atoms with E-state index in [2.05, 4.69) is 10.1 Å². The first-order valence-electron chi connectivity index (χ1n) is 6.55. The number of amides is 1. The summed E-state index contributed by atoms with van der Waals surface area (Å²) in [4.78, 5) is 24.2. The molecule has 0 atom stereocenters. The van der Waals surface area contributed by atoms with Crippen LogP contribution in [0.25, 0.3) is 0 Å². The summed E-state index contributed by atoms with van der Waals surface area (Å²) >= 11 is 1.37. The molecule has 0 fully saturated rings. The average molecular weight is 381 g/mol. The third kappa shape index (κ3) is 6.01. The first kappa shape index (κ1) is 21.4. The Hall–Kier alpha value is -0.649. The molecule has 0 spiro atoms. The van der Waals surface area contributed by atoms with E-state index in [1.807, 2.05) is 0 Å². The van der Waals surface area contributed by atoms with Crippen molar-refractivity contribution in [2.45, 2.75) is 6.42 Å². The van der Waals surface area contributed by atoms with Gasteiger partial charge in [-0.15, -0.1) is 16.8 Å². The molecule has 2 aromatic rings. The van der Waals surface area contributed by atoms with Gasteiger partial charge >= 0.3 is 64.3 Å². The number of halogens is 3. The predicted molar refractivity (Wildman–Crippen MR) is 83.1 cm³/mol. The Balaban J connectivity index is 0.00000288. The van der Waals surface area contributed by atoms with Crippen molar-refractivity contribution in [1.82, 2.24) is 0 Å². The normalized spacial score (nSPS) is 10.7. The second kappa shape index (κ2) is 9.16. The maximum absolute atomic E-state index is 13.0. The Morgan fingerprint density at radius 3 is 2.50 bits per heavy atom. The van der Waals surface area contributed by atoms with Gasteiger partial charge in [-0.05, 0) is 17.5 Å². The molecule has 122 valence electrons. The fourth-order valence-corrected chi connectivity index (χ4v) is 2.63. The number of carbonyl (C=O) groups is 2. The number of hydrogen-bond donors (Lipinski definition) is 1. The van der Waals surface area contributed by atoms with Crippen molar-refractivity contribution in [1.29, 1.82) is 0 Å². The van der Waals surface area contributed by atoms with Gasteiger partial charge < -0.3 is 23.0 Å². The Labute approximate surface area is 183 Å². The molecular weight excluding hydrogens is 369 g/mol. The number of ether oxygens (including phenoxy) is 1. The van der Waals surface area contributed by atoms with Crippen molar-refractivity contribution in [3.63, 3.8) is 0 Å². The van der Waals surface area contributed by atoms with E-state index in [-0.39, 0.29) is 69.1 Å². The summed E-state index contributed by atoms with van der Waals surface area (Å²) in [5, 5.41) is 4.18. The van der Waals surface area contributed by atoms with Crippen LogP contribution in [0.15, 0.2) is 35.7 Å². The topological polar surface area (TPSA) is 55.4 Å². The van der Waals surface area contributed by atoms with Gasteiger partial charge in [-0.1, -0.05) is 18.2 Å². The van der Waals surface area contributed by atoms with Crippen molar-refractivity contribution >= 4 is 41.3 Å². The quantitative estimate of drug-likeness (QED) is 0.576. The molecule has 0 aliphatic rings. The second-order valence-electron chi connectivity index (χ2n) is 4.71. The molecule has 2 rings (SSSR count). The van der Waals surface area contributed by atoms with Crippen LogP contribution in [0.3, 0.4) is 0 Å². The molecule has 4 nitrogen and oxygen atoms in total. The van der Waals surface area contributed by atoms with Crippen LogP contribution in [-0.4, -0.2) is 26.0 Å². The van der Waals surface area contributed by atoms with Gasteiger partial charge in [0.05, 0.1) is 19.1 Å². The van der Waals surface area contributed by atoms with Crippen LogP contribution >= 0.6 is 11.3 Å². The molecule has 0 bridgehead atoms. The van der Waals surface area contributed by atoms with E-state index >= 15 is 0 Å². The van der Waals surface area contributed by atoms with E-state index < -0.39 is 24.3 Å². The number of methoxy groups -OCH3 is 1. The molecule has 0 saturated carbocycles. The number of nitrogens with one attached hydrogen (secondary N) is 1. The van der Waals surface area contributed by atoms with Crippen molar-refractivity contribution < 1.29 is 78.7 Å². The Morgan fingerprint density at radius 1 is 1.25 bits per heavy atom. The van der Waals surface area contributed by atoms with Crippen molar-refractivity contribution in [3.8, 4) is 0 Å². The minimum absolute atomic E-state index is 0. The zero-order valence-corrected chi connectivity index (χ0v) is 17.0. The molecule has 10 heteroatoms. The van der Waals surface area contributed by atoms with Crippen molar-refractivity contribution in [3.05, 3.63) is 46.2 Å². The van der Waals surface area contributed by atoms with Crippen LogP contribution in [0, 0.1) is 0 Å². The number of esters is 1. The predicted octanol–water partition coefficient (Wildman–Crippen LogP) is -0.226. The molecule has 0 aliphatic heterocycles. The van der Waals surface area contributed by atoms with Crippen LogP contribution in [0.1, 0.15) is 15.2 Å². The van der Waals surface area contributed by atoms with E-state index in [0.717, 1.165) is 24.1 Å². The van der Waals surface area contributed by atoms with Gasteiger partial charge in [0.2, 0.25) is 5.91 Å². The number of carbonyl (C=O) groups excluding carboxylic acids is 2. The summed E-state index contributed by atoms with van der Waals surface area (Å²) in [6.07, 6.45) is 0.0482. The maximum atomic E-state index is 13.0. The van der Waals surface area contributed by atoms with Crippen molar-refractivity contribution in [2.24, 2.45) is 0 Å². The summed E-state index contributed by atoms with van der Waals surface area (Å²) in [6, 6.07) is 6.19. The minimum Gasteiger partial charge on any atom is -0.465 e. The first-order valence-corrected chi connectivity index (χ1v) is 7.43. The third-order valence-electron chi connectivity index (χ3n) is 2.95. The van der Waals surface area contributed by atoms with E-state index in [1.165, 1.54) is 11.3 Å². The smallest absolute Gasteiger partial charge is 0.465 e. The van der Waals surface area contributed by atoms with Gasteiger partial charge in [-0.25, -0.2) is 4.79 Å². The molecule has 1 aromatic heterocycles. The third-order valence-corrected chi connectivity index (χ3v) is 3.83. The Morgan fingerprint density at radius 2 is 1.96 bits per heavy atom. The number of anilines is 1. The summed E-state index contributed by atoms with van der Waals surface area (Å²) in [6.45, 7) is -5.31. The van der Waals surface area contributed by atoms with Gasteiger partial charge in [0, 0.05) is 10.6 Å². The van der Waals surface area contributed by atoms with Crippen LogP contribution < -0.4 is 62.2 Å². The summed E-state index contributed by atoms with van der Waals surface area (Å²) < 4.78 is 43.3. The van der Waals surface area contributed by atoms with Gasteiger partial charge in [0.15, 0.2) is 0 Å². The maximum Gasteiger partial charge on any atom is 1.00 e. The number of benzene rings is 1. The molecule has 0 saturated heterocycles. The standard InChI is InChI=1S/C14H12BF3NO3S.K/c1-22-14(21)9-5-10(15(16,17)18)7-11(6-9)19-13(20)8-12-3-2-4-23-12;/h2-7H,8H2,1H3,(H,19,20);/q-1;+1. The Kier molecular flexibility index (Phi) is 8.17. The molecule has 0 radical (unpaired) electrons. The number of rotatable bonds is 5. The van der Waals surface area contributed by atoms with E-state index in [0.29, 0.717) is 6.07 Å². The second-order valence-corrected chi connectivity index (χ2v) is 5.75. The first-order chi connectivity index (χ1) is 10.8.